The standard InChI is InChI=1S/C7H8N4S2/c8-3-4-12-7-11-10-6(13-7)9-5-1-2-5/h5H,1-2,4H2,(H,9,10). The van der Waals surface area contributed by atoms with Gasteiger partial charge >= 0.3 is 0 Å². The lowest BCUT2D eigenvalue weighted by Gasteiger charge is -1.93. The molecule has 0 aliphatic heterocycles. The number of hydrogen-bond donors (Lipinski definition) is 1. The maximum atomic E-state index is 8.36. The fourth-order valence-corrected chi connectivity index (χ4v) is 2.31. The number of nitrogens with one attached hydrogen (secondary N) is 1. The molecule has 1 aromatic rings. The second-order valence-corrected chi connectivity index (χ2v) is 4.94. The van der Waals surface area contributed by atoms with Crippen molar-refractivity contribution in [1.82, 2.24) is 10.2 Å². The molecule has 6 heteroatoms. The fraction of sp³-hybridized carbons (Fsp3) is 0.571. The Hall–Kier alpha value is -0.800. The Kier molecular flexibility index (Phi) is 2.66. The zero-order chi connectivity index (χ0) is 9.10. The molecule has 13 heavy (non-hydrogen) atoms. The van der Waals surface area contributed by atoms with Gasteiger partial charge in [-0.05, 0) is 12.8 Å². The molecule has 0 saturated heterocycles. The summed E-state index contributed by atoms with van der Waals surface area (Å²) in [5, 5.41) is 20.4. The van der Waals surface area contributed by atoms with E-state index in [1.54, 1.807) is 0 Å². The van der Waals surface area contributed by atoms with Crippen LogP contribution in [0.1, 0.15) is 12.8 Å². The lowest BCUT2D eigenvalue weighted by molar-refractivity contribution is 0.995. The predicted octanol–water partition coefficient (Wildman–Crippen LogP) is 1.73. The van der Waals surface area contributed by atoms with Gasteiger partial charge in [-0.25, -0.2) is 0 Å². The van der Waals surface area contributed by atoms with Crippen LogP contribution in [-0.4, -0.2) is 22.0 Å². The molecule has 1 aromatic heterocycles. The third-order valence-electron chi connectivity index (χ3n) is 1.57. The van der Waals surface area contributed by atoms with Gasteiger partial charge in [0.25, 0.3) is 0 Å². The van der Waals surface area contributed by atoms with Crippen LogP contribution in [0.3, 0.4) is 0 Å². The Labute approximate surface area is 84.4 Å². The average molecular weight is 212 g/mol. The van der Waals surface area contributed by atoms with Gasteiger partial charge in [0.15, 0.2) is 4.34 Å². The number of nitrogens with zero attached hydrogens (tertiary/aromatic N) is 3. The maximum Gasteiger partial charge on any atom is 0.206 e. The Morgan fingerprint density at radius 2 is 2.46 bits per heavy atom. The second-order valence-electron chi connectivity index (χ2n) is 2.74. The van der Waals surface area contributed by atoms with Crippen LogP contribution in [0, 0.1) is 11.3 Å². The molecule has 1 aliphatic carbocycles. The third kappa shape index (κ3) is 2.57. The molecule has 1 aliphatic rings. The molecule has 0 atom stereocenters. The lowest BCUT2D eigenvalue weighted by Crippen LogP contribution is -1.99. The number of thioether (sulfide) groups is 1. The van der Waals surface area contributed by atoms with Crippen LogP contribution in [0.2, 0.25) is 0 Å². The van der Waals surface area contributed by atoms with Crippen LogP contribution >= 0.6 is 23.1 Å². The number of anilines is 1. The summed E-state index contributed by atoms with van der Waals surface area (Å²) in [4.78, 5) is 0. The van der Waals surface area contributed by atoms with Crippen LogP contribution in [0.4, 0.5) is 5.13 Å². The van der Waals surface area contributed by atoms with Gasteiger partial charge < -0.3 is 5.32 Å². The first-order valence-corrected chi connectivity index (χ1v) is 5.78. The van der Waals surface area contributed by atoms with E-state index in [4.69, 9.17) is 5.26 Å². The van der Waals surface area contributed by atoms with Crippen molar-refractivity contribution in [2.75, 3.05) is 11.1 Å². The van der Waals surface area contributed by atoms with Gasteiger partial charge in [0.05, 0.1) is 11.8 Å². The highest BCUT2D eigenvalue weighted by molar-refractivity contribution is 8.01. The van der Waals surface area contributed by atoms with Gasteiger partial charge in [-0.1, -0.05) is 23.1 Å². The molecule has 1 N–H and O–H groups in total. The number of hydrogen-bond acceptors (Lipinski definition) is 6. The Morgan fingerprint density at radius 3 is 3.15 bits per heavy atom. The van der Waals surface area contributed by atoms with Crippen LogP contribution in [0.5, 0.6) is 0 Å². The second kappa shape index (κ2) is 3.94. The van der Waals surface area contributed by atoms with E-state index in [-0.39, 0.29) is 0 Å². The Bertz CT molecular complexity index is 325. The first kappa shape index (κ1) is 8.78. The van der Waals surface area contributed by atoms with Gasteiger partial charge in [0, 0.05) is 6.04 Å². The molecule has 68 valence electrons. The molecule has 4 nitrogen and oxygen atoms in total. The summed E-state index contributed by atoms with van der Waals surface area (Å²) in [5.74, 6) is 0.443. The highest BCUT2D eigenvalue weighted by Gasteiger charge is 2.22. The molecule has 0 radical (unpaired) electrons. The topological polar surface area (TPSA) is 61.6 Å². The Morgan fingerprint density at radius 1 is 1.62 bits per heavy atom. The zero-order valence-corrected chi connectivity index (χ0v) is 8.49. The van der Waals surface area contributed by atoms with E-state index in [1.165, 1.54) is 35.9 Å². The van der Waals surface area contributed by atoms with Crippen LogP contribution in [0.25, 0.3) is 0 Å². The number of nitriles is 1. The summed E-state index contributed by atoms with van der Waals surface area (Å²) in [7, 11) is 0. The molecular weight excluding hydrogens is 204 g/mol. The highest BCUT2D eigenvalue weighted by atomic mass is 32.2. The molecule has 0 bridgehead atoms. The van der Waals surface area contributed by atoms with Crippen molar-refractivity contribution in [3.63, 3.8) is 0 Å². The van der Waals surface area contributed by atoms with Gasteiger partial charge in [-0.2, -0.15) is 5.26 Å². The third-order valence-corrected chi connectivity index (χ3v) is 3.43. The molecule has 1 heterocycles. The number of rotatable bonds is 4. The van der Waals surface area contributed by atoms with Gasteiger partial charge in [0.2, 0.25) is 5.13 Å². The summed E-state index contributed by atoms with van der Waals surface area (Å²) in [6.07, 6.45) is 2.47. The average Bonchev–Trinajstić information content (AvgIpc) is 2.81. The van der Waals surface area contributed by atoms with Gasteiger partial charge in [-0.15, -0.1) is 10.2 Å². The van der Waals surface area contributed by atoms with Crippen molar-refractivity contribution in [3.05, 3.63) is 0 Å². The molecule has 0 spiro atoms. The molecule has 1 fully saturated rings. The molecular formula is C7H8N4S2. The first-order valence-electron chi connectivity index (χ1n) is 3.98. The molecule has 0 aromatic carbocycles. The van der Waals surface area contributed by atoms with Crippen molar-refractivity contribution in [1.29, 1.82) is 5.26 Å². The van der Waals surface area contributed by atoms with Crippen LogP contribution < -0.4 is 5.32 Å². The summed E-state index contributed by atoms with van der Waals surface area (Å²) < 4.78 is 0.865. The van der Waals surface area contributed by atoms with Crippen molar-refractivity contribution < 1.29 is 0 Å². The minimum absolute atomic E-state index is 0.443. The zero-order valence-electron chi connectivity index (χ0n) is 6.86. The summed E-state index contributed by atoms with van der Waals surface area (Å²) in [6, 6.07) is 2.67. The smallest absolute Gasteiger partial charge is 0.206 e. The van der Waals surface area contributed by atoms with Crippen molar-refractivity contribution in [2.24, 2.45) is 0 Å². The maximum absolute atomic E-state index is 8.36. The lowest BCUT2D eigenvalue weighted by atomic mass is 10.7. The monoisotopic (exact) mass is 212 g/mol. The fourth-order valence-electron chi connectivity index (χ4n) is 0.823. The minimum Gasteiger partial charge on any atom is -0.357 e. The van der Waals surface area contributed by atoms with E-state index in [0.29, 0.717) is 11.8 Å². The predicted molar refractivity (Wildman–Crippen MR) is 52.9 cm³/mol. The molecule has 1 saturated carbocycles. The molecule has 2 rings (SSSR count). The Balaban J connectivity index is 1.89. The van der Waals surface area contributed by atoms with E-state index in [0.717, 1.165) is 9.47 Å². The minimum atomic E-state index is 0.443. The molecule has 0 unspecified atom stereocenters. The molecule has 0 amide bonds. The summed E-state index contributed by atoms with van der Waals surface area (Å²) in [5.41, 5.74) is 0. The quantitative estimate of drug-likeness (QED) is 0.770. The van der Waals surface area contributed by atoms with E-state index >= 15 is 0 Å². The largest absolute Gasteiger partial charge is 0.357 e. The number of aromatic nitrogens is 2. The van der Waals surface area contributed by atoms with E-state index in [1.807, 2.05) is 0 Å². The van der Waals surface area contributed by atoms with E-state index < -0.39 is 0 Å². The van der Waals surface area contributed by atoms with Crippen LogP contribution in [0.15, 0.2) is 4.34 Å². The van der Waals surface area contributed by atoms with Crippen molar-refractivity contribution in [2.45, 2.75) is 23.2 Å². The van der Waals surface area contributed by atoms with E-state index in [9.17, 15) is 0 Å². The van der Waals surface area contributed by atoms with Gasteiger partial charge in [-0.3, -0.25) is 0 Å². The normalized spacial score (nSPS) is 15.3. The van der Waals surface area contributed by atoms with Crippen molar-refractivity contribution in [3.8, 4) is 6.07 Å². The van der Waals surface area contributed by atoms with E-state index in [2.05, 4.69) is 21.6 Å². The summed E-state index contributed by atoms with van der Waals surface area (Å²) in [6.45, 7) is 0. The SMILES string of the molecule is N#CCSc1nnc(NC2CC2)s1. The summed E-state index contributed by atoms with van der Waals surface area (Å²) >= 11 is 2.95. The highest BCUT2D eigenvalue weighted by Crippen LogP contribution is 2.29. The first-order chi connectivity index (χ1) is 6.38. The van der Waals surface area contributed by atoms with Crippen LogP contribution in [-0.2, 0) is 0 Å². The van der Waals surface area contributed by atoms with Crippen molar-refractivity contribution >= 4 is 28.2 Å². The van der Waals surface area contributed by atoms with Gasteiger partial charge in [0.1, 0.15) is 0 Å².